The second kappa shape index (κ2) is 4.43. The molecule has 0 saturated heterocycles. The standard InChI is InChI=1S/C9H11F2NO2/c10-9(11,5-7(14)6-13)8-3-1-2-4-12-8/h1-4,7,13-14H,5-6H2/t7-/m0/s1. The molecule has 0 bridgehead atoms. The molecule has 0 aliphatic rings. The van der Waals surface area contributed by atoms with Crippen molar-refractivity contribution in [3.05, 3.63) is 30.1 Å². The number of hydrogen-bond acceptors (Lipinski definition) is 3. The molecule has 1 heterocycles. The normalized spacial score (nSPS) is 14.0. The average Bonchev–Trinajstić information content (AvgIpc) is 2.18. The predicted molar refractivity (Wildman–Crippen MR) is 45.8 cm³/mol. The number of nitrogens with zero attached hydrogens (tertiary/aromatic N) is 1. The minimum atomic E-state index is -3.20. The molecule has 1 aromatic rings. The van der Waals surface area contributed by atoms with Gasteiger partial charge in [0.15, 0.2) is 0 Å². The van der Waals surface area contributed by atoms with Crippen LogP contribution in [-0.4, -0.2) is 27.9 Å². The molecule has 0 unspecified atom stereocenters. The van der Waals surface area contributed by atoms with Crippen LogP contribution in [0.2, 0.25) is 0 Å². The zero-order chi connectivity index (χ0) is 10.6. The van der Waals surface area contributed by atoms with E-state index in [0.717, 1.165) is 0 Å². The van der Waals surface area contributed by atoms with Gasteiger partial charge in [0.2, 0.25) is 0 Å². The quantitative estimate of drug-likeness (QED) is 0.765. The number of aromatic nitrogens is 1. The summed E-state index contributed by atoms with van der Waals surface area (Å²) in [6, 6.07) is 4.16. The number of alkyl halides is 2. The lowest BCUT2D eigenvalue weighted by Gasteiger charge is -2.17. The first-order chi connectivity index (χ1) is 6.56. The first-order valence-electron chi connectivity index (χ1n) is 4.14. The van der Waals surface area contributed by atoms with Crippen LogP contribution in [0.4, 0.5) is 8.78 Å². The molecule has 78 valence electrons. The Balaban J connectivity index is 2.75. The van der Waals surface area contributed by atoms with Crippen LogP contribution in [0.1, 0.15) is 12.1 Å². The van der Waals surface area contributed by atoms with Crippen molar-refractivity contribution < 1.29 is 19.0 Å². The minimum Gasteiger partial charge on any atom is -0.394 e. The van der Waals surface area contributed by atoms with Crippen LogP contribution in [0.25, 0.3) is 0 Å². The SMILES string of the molecule is OC[C@@H](O)CC(F)(F)c1ccccn1. The topological polar surface area (TPSA) is 53.4 Å². The number of halogens is 2. The average molecular weight is 203 g/mol. The summed E-state index contributed by atoms with van der Waals surface area (Å²) in [7, 11) is 0. The van der Waals surface area contributed by atoms with Crippen molar-refractivity contribution in [2.45, 2.75) is 18.4 Å². The van der Waals surface area contributed by atoms with E-state index in [4.69, 9.17) is 10.2 Å². The largest absolute Gasteiger partial charge is 0.394 e. The van der Waals surface area contributed by atoms with Crippen LogP contribution < -0.4 is 0 Å². The molecule has 3 nitrogen and oxygen atoms in total. The minimum absolute atomic E-state index is 0.396. The van der Waals surface area contributed by atoms with Crippen LogP contribution in [0.5, 0.6) is 0 Å². The van der Waals surface area contributed by atoms with E-state index in [9.17, 15) is 8.78 Å². The molecule has 0 aliphatic heterocycles. The molecule has 0 radical (unpaired) electrons. The highest BCUT2D eigenvalue weighted by atomic mass is 19.3. The van der Waals surface area contributed by atoms with Crippen LogP contribution >= 0.6 is 0 Å². The Bertz CT molecular complexity index is 279. The van der Waals surface area contributed by atoms with E-state index >= 15 is 0 Å². The van der Waals surface area contributed by atoms with Gasteiger partial charge in [-0.2, -0.15) is 8.78 Å². The Labute approximate surface area is 80.0 Å². The lowest BCUT2D eigenvalue weighted by Crippen LogP contribution is -2.25. The van der Waals surface area contributed by atoms with Crippen LogP contribution in [0.15, 0.2) is 24.4 Å². The van der Waals surface area contributed by atoms with Gasteiger partial charge in [-0.05, 0) is 12.1 Å². The first-order valence-corrected chi connectivity index (χ1v) is 4.14. The summed E-state index contributed by atoms with van der Waals surface area (Å²) in [6.07, 6.45) is -0.985. The van der Waals surface area contributed by atoms with Gasteiger partial charge in [-0.25, -0.2) is 0 Å². The van der Waals surface area contributed by atoms with Crippen molar-refractivity contribution in [1.29, 1.82) is 0 Å². The van der Waals surface area contributed by atoms with Gasteiger partial charge in [0.1, 0.15) is 5.69 Å². The van der Waals surface area contributed by atoms with Crippen molar-refractivity contribution >= 4 is 0 Å². The van der Waals surface area contributed by atoms with Gasteiger partial charge in [0.05, 0.1) is 12.7 Å². The predicted octanol–water partition coefficient (Wildman–Crippen LogP) is 0.917. The fraction of sp³-hybridized carbons (Fsp3) is 0.444. The Morgan fingerprint density at radius 3 is 2.64 bits per heavy atom. The smallest absolute Gasteiger partial charge is 0.292 e. The lowest BCUT2D eigenvalue weighted by molar-refractivity contribution is -0.0640. The molecule has 0 fully saturated rings. The van der Waals surface area contributed by atoms with Gasteiger partial charge in [-0.15, -0.1) is 0 Å². The molecule has 0 spiro atoms. The number of aliphatic hydroxyl groups excluding tert-OH is 2. The Kier molecular flexibility index (Phi) is 3.49. The highest BCUT2D eigenvalue weighted by Crippen LogP contribution is 2.30. The van der Waals surface area contributed by atoms with E-state index in [0.29, 0.717) is 0 Å². The molecule has 1 atom stereocenters. The molecule has 5 heteroatoms. The van der Waals surface area contributed by atoms with Gasteiger partial charge in [0.25, 0.3) is 5.92 Å². The fourth-order valence-corrected chi connectivity index (χ4v) is 1.04. The molecule has 1 rings (SSSR count). The second-order valence-electron chi connectivity index (χ2n) is 2.96. The molecule has 0 saturated carbocycles. The molecule has 0 amide bonds. The Hall–Kier alpha value is -1.07. The molecule has 2 N–H and O–H groups in total. The molecular formula is C9H11F2NO2. The molecule has 1 aromatic heterocycles. The van der Waals surface area contributed by atoms with Crippen molar-refractivity contribution in [2.24, 2.45) is 0 Å². The summed E-state index contributed by atoms with van der Waals surface area (Å²) >= 11 is 0. The highest BCUT2D eigenvalue weighted by Gasteiger charge is 2.35. The summed E-state index contributed by atoms with van der Waals surface area (Å²) in [5.74, 6) is -3.20. The van der Waals surface area contributed by atoms with Crippen LogP contribution in [0, 0.1) is 0 Å². The van der Waals surface area contributed by atoms with Gasteiger partial charge in [-0.1, -0.05) is 6.07 Å². The molecule has 0 aliphatic carbocycles. The van der Waals surface area contributed by atoms with Crippen molar-refractivity contribution in [3.8, 4) is 0 Å². The molecular weight excluding hydrogens is 192 g/mol. The van der Waals surface area contributed by atoms with Gasteiger partial charge in [-0.3, -0.25) is 4.98 Å². The summed E-state index contributed by atoms with van der Waals surface area (Å²) in [5.41, 5.74) is -0.396. The van der Waals surface area contributed by atoms with E-state index in [-0.39, 0.29) is 0 Å². The van der Waals surface area contributed by atoms with Crippen molar-refractivity contribution in [2.75, 3.05) is 6.61 Å². The van der Waals surface area contributed by atoms with Gasteiger partial charge in [0, 0.05) is 12.6 Å². The van der Waals surface area contributed by atoms with Crippen LogP contribution in [-0.2, 0) is 5.92 Å². The third-order valence-corrected chi connectivity index (χ3v) is 1.74. The lowest BCUT2D eigenvalue weighted by atomic mass is 10.1. The van der Waals surface area contributed by atoms with E-state index in [2.05, 4.69) is 4.98 Å². The van der Waals surface area contributed by atoms with Gasteiger partial charge >= 0.3 is 0 Å². The number of hydrogen-bond donors (Lipinski definition) is 2. The van der Waals surface area contributed by atoms with Crippen LogP contribution in [0.3, 0.4) is 0 Å². The van der Waals surface area contributed by atoms with E-state index in [1.165, 1.54) is 24.4 Å². The van der Waals surface area contributed by atoms with Gasteiger partial charge < -0.3 is 10.2 Å². The van der Waals surface area contributed by atoms with E-state index < -0.39 is 30.7 Å². The maximum atomic E-state index is 13.3. The number of aliphatic hydroxyl groups is 2. The third kappa shape index (κ3) is 2.71. The molecule has 0 aromatic carbocycles. The zero-order valence-corrected chi connectivity index (χ0v) is 7.40. The van der Waals surface area contributed by atoms with Crippen molar-refractivity contribution in [1.82, 2.24) is 4.98 Å². The third-order valence-electron chi connectivity index (χ3n) is 1.74. The Morgan fingerprint density at radius 1 is 1.43 bits per heavy atom. The van der Waals surface area contributed by atoms with Crippen molar-refractivity contribution in [3.63, 3.8) is 0 Å². The number of rotatable bonds is 4. The monoisotopic (exact) mass is 203 g/mol. The highest BCUT2D eigenvalue weighted by molar-refractivity contribution is 5.09. The molecule has 14 heavy (non-hydrogen) atoms. The van der Waals surface area contributed by atoms with E-state index in [1.807, 2.05) is 0 Å². The maximum Gasteiger partial charge on any atom is 0.292 e. The summed E-state index contributed by atoms with van der Waals surface area (Å²) in [5, 5.41) is 17.3. The summed E-state index contributed by atoms with van der Waals surface area (Å²) < 4.78 is 26.5. The summed E-state index contributed by atoms with van der Waals surface area (Å²) in [6.45, 7) is -0.678. The maximum absolute atomic E-state index is 13.3. The van der Waals surface area contributed by atoms with E-state index in [1.54, 1.807) is 0 Å². The summed E-state index contributed by atoms with van der Waals surface area (Å²) in [4.78, 5) is 3.50. The second-order valence-corrected chi connectivity index (χ2v) is 2.96. The number of pyridine rings is 1. The fourth-order valence-electron chi connectivity index (χ4n) is 1.04. The Morgan fingerprint density at radius 2 is 2.14 bits per heavy atom. The zero-order valence-electron chi connectivity index (χ0n) is 7.40. The first kappa shape index (κ1) is 11.0.